The highest BCUT2D eigenvalue weighted by Gasteiger charge is 1.97. The van der Waals surface area contributed by atoms with E-state index in [1.54, 1.807) is 12.1 Å². The first-order chi connectivity index (χ1) is 7.09. The highest BCUT2D eigenvalue weighted by molar-refractivity contribution is 8.12. The summed E-state index contributed by atoms with van der Waals surface area (Å²) in [5.74, 6) is 3.76. The molecule has 1 atom stereocenters. The number of carbonyl (C=O) groups excluding carboxylic acids is 1. The maximum atomic E-state index is 10.7. The van der Waals surface area contributed by atoms with E-state index < -0.39 is 10.7 Å². The van der Waals surface area contributed by atoms with Gasteiger partial charge in [-0.1, -0.05) is 30.4 Å². The van der Waals surface area contributed by atoms with Crippen molar-refractivity contribution in [1.29, 1.82) is 0 Å². The van der Waals surface area contributed by atoms with Crippen LogP contribution in [0.1, 0.15) is 20.8 Å². The molecule has 0 bridgehead atoms. The van der Waals surface area contributed by atoms with Crippen molar-refractivity contribution in [2.45, 2.75) is 25.7 Å². The van der Waals surface area contributed by atoms with Crippen LogP contribution >= 0.6 is 10.7 Å². The third kappa shape index (κ3) is 5.22. The van der Waals surface area contributed by atoms with E-state index in [9.17, 15) is 4.79 Å². The molecule has 0 fully saturated rings. The topological polar surface area (TPSA) is 55.1 Å². The Hall–Kier alpha value is -1.29. The predicted octanol–water partition coefficient (Wildman–Crippen LogP) is 2.41. The Morgan fingerprint density at radius 1 is 1.33 bits per heavy atom. The van der Waals surface area contributed by atoms with Crippen molar-refractivity contribution in [2.75, 3.05) is 5.73 Å². The minimum Gasteiger partial charge on any atom is -0.399 e. The zero-order valence-corrected chi connectivity index (χ0v) is 10.2. The Morgan fingerprint density at radius 3 is 2.20 bits per heavy atom. The van der Waals surface area contributed by atoms with Gasteiger partial charge in [0.05, 0.1) is 0 Å². The Kier molecular flexibility index (Phi) is 6.45. The van der Waals surface area contributed by atoms with Crippen LogP contribution in [0.4, 0.5) is 5.69 Å². The third-order valence-electron chi connectivity index (χ3n) is 1.43. The number of hydrogen-bond acceptors (Lipinski definition) is 2. The number of nitrogens with one attached hydrogen (secondary N) is 1. The number of hydrogen-bond donors (Lipinski definition) is 2. The summed E-state index contributed by atoms with van der Waals surface area (Å²) in [6.45, 7) is 5.47. The Bertz CT molecular complexity index is 333. The summed E-state index contributed by atoms with van der Waals surface area (Å²) in [6, 6.07) is 7.31. The van der Waals surface area contributed by atoms with Crippen molar-refractivity contribution in [3.63, 3.8) is 0 Å². The van der Waals surface area contributed by atoms with Gasteiger partial charge in [0.15, 0.2) is 0 Å². The molecule has 0 aliphatic rings. The Morgan fingerprint density at radius 2 is 1.80 bits per heavy atom. The Labute approximate surface area is 93.7 Å². The first kappa shape index (κ1) is 13.7. The van der Waals surface area contributed by atoms with Gasteiger partial charge in [0, 0.05) is 17.5 Å². The number of anilines is 1. The molecule has 15 heavy (non-hydrogen) atoms. The molecule has 0 aliphatic carbocycles. The maximum Gasteiger partial charge on any atom is 0.226 e. The number of amides is 1. The molecule has 1 aromatic carbocycles. The minimum absolute atomic E-state index is 0.0739. The van der Waals surface area contributed by atoms with E-state index in [4.69, 9.17) is 5.73 Å². The van der Waals surface area contributed by atoms with Crippen LogP contribution in [0, 0.1) is 0 Å². The predicted molar refractivity (Wildman–Crippen MR) is 69.0 cm³/mol. The van der Waals surface area contributed by atoms with Crippen LogP contribution in [0.5, 0.6) is 0 Å². The van der Waals surface area contributed by atoms with Crippen molar-refractivity contribution in [3.05, 3.63) is 24.3 Å². The van der Waals surface area contributed by atoms with Crippen LogP contribution in [0.2, 0.25) is 0 Å². The SMILES string of the molecule is C=S(NC(C)=O)c1ccc(N)cc1.CC. The van der Waals surface area contributed by atoms with Gasteiger partial charge in [0.1, 0.15) is 0 Å². The van der Waals surface area contributed by atoms with E-state index in [2.05, 4.69) is 10.6 Å². The highest BCUT2D eigenvalue weighted by Crippen LogP contribution is 2.21. The highest BCUT2D eigenvalue weighted by atomic mass is 32.2. The fraction of sp³-hybridized carbons (Fsp3) is 0.273. The van der Waals surface area contributed by atoms with E-state index in [1.165, 1.54) is 6.92 Å². The van der Waals surface area contributed by atoms with E-state index in [-0.39, 0.29) is 5.91 Å². The van der Waals surface area contributed by atoms with E-state index in [0.717, 1.165) is 4.90 Å². The number of nitrogen functional groups attached to an aromatic ring is 1. The van der Waals surface area contributed by atoms with Gasteiger partial charge in [-0.05, 0) is 24.3 Å². The zero-order chi connectivity index (χ0) is 11.8. The van der Waals surface area contributed by atoms with Gasteiger partial charge >= 0.3 is 0 Å². The Balaban J connectivity index is 0.000000921. The molecule has 0 aromatic heterocycles. The average Bonchev–Trinajstić information content (AvgIpc) is 2.20. The lowest BCUT2D eigenvalue weighted by Gasteiger charge is -2.07. The molecule has 0 spiro atoms. The van der Waals surface area contributed by atoms with Crippen LogP contribution in [0.15, 0.2) is 29.2 Å². The normalized spacial score (nSPS) is 10.9. The van der Waals surface area contributed by atoms with Crippen molar-refractivity contribution in [3.8, 4) is 0 Å². The minimum atomic E-state index is -0.477. The van der Waals surface area contributed by atoms with Gasteiger partial charge in [0.25, 0.3) is 0 Å². The maximum absolute atomic E-state index is 10.7. The molecule has 3 nitrogen and oxygen atoms in total. The van der Waals surface area contributed by atoms with Gasteiger partial charge in [-0.2, -0.15) is 0 Å². The van der Waals surface area contributed by atoms with Crippen LogP contribution in [0.3, 0.4) is 0 Å². The quantitative estimate of drug-likeness (QED) is 0.601. The van der Waals surface area contributed by atoms with E-state index >= 15 is 0 Å². The van der Waals surface area contributed by atoms with Gasteiger partial charge in [-0.15, -0.1) is 0 Å². The van der Waals surface area contributed by atoms with Crippen LogP contribution in [0.25, 0.3) is 0 Å². The van der Waals surface area contributed by atoms with Crippen LogP contribution in [-0.4, -0.2) is 11.8 Å². The van der Waals surface area contributed by atoms with Gasteiger partial charge < -0.3 is 10.5 Å². The van der Waals surface area contributed by atoms with Crippen molar-refractivity contribution in [1.82, 2.24) is 4.72 Å². The molecular weight excluding hydrogens is 208 g/mol. The lowest BCUT2D eigenvalue weighted by molar-refractivity contribution is -0.117. The van der Waals surface area contributed by atoms with Crippen molar-refractivity contribution in [2.24, 2.45) is 0 Å². The number of benzene rings is 1. The average molecular weight is 226 g/mol. The summed E-state index contributed by atoms with van der Waals surface area (Å²) in [5.41, 5.74) is 6.24. The molecule has 1 amide bonds. The molecule has 0 aliphatic heterocycles. The van der Waals surface area contributed by atoms with Gasteiger partial charge in [-0.25, -0.2) is 0 Å². The first-order valence-electron chi connectivity index (χ1n) is 4.76. The standard InChI is InChI=1S/C9H12N2OS.C2H6/c1-7(12)11-13(2)9-5-3-8(10)4-6-9;1-2/h3-6H,2,10H2,1H3,(H,11,12);1-2H3. The summed E-state index contributed by atoms with van der Waals surface area (Å²) >= 11 is 0. The molecular formula is C11H18N2OS. The molecule has 0 saturated carbocycles. The number of carbonyl (C=O) groups is 1. The molecule has 0 saturated heterocycles. The molecule has 4 heteroatoms. The largest absolute Gasteiger partial charge is 0.399 e. The first-order valence-corrected chi connectivity index (χ1v) is 6.15. The smallest absolute Gasteiger partial charge is 0.226 e. The molecule has 0 radical (unpaired) electrons. The second-order valence-corrected chi connectivity index (χ2v) is 4.08. The lowest BCUT2D eigenvalue weighted by atomic mass is 10.3. The molecule has 84 valence electrons. The summed E-state index contributed by atoms with van der Waals surface area (Å²) in [6.07, 6.45) is 0. The fourth-order valence-electron chi connectivity index (χ4n) is 0.865. The third-order valence-corrected chi connectivity index (χ3v) is 2.81. The van der Waals surface area contributed by atoms with Crippen molar-refractivity contribution >= 4 is 28.1 Å². The van der Waals surface area contributed by atoms with Crippen LogP contribution < -0.4 is 10.5 Å². The van der Waals surface area contributed by atoms with Crippen molar-refractivity contribution < 1.29 is 4.79 Å². The molecule has 3 N–H and O–H groups in total. The van der Waals surface area contributed by atoms with E-state index in [0.29, 0.717) is 5.69 Å². The van der Waals surface area contributed by atoms with Crippen LogP contribution in [-0.2, 0) is 4.79 Å². The summed E-state index contributed by atoms with van der Waals surface area (Å²) in [4.78, 5) is 11.7. The molecule has 1 rings (SSSR count). The zero-order valence-electron chi connectivity index (χ0n) is 9.41. The van der Waals surface area contributed by atoms with Gasteiger partial charge in [-0.3, -0.25) is 4.79 Å². The molecule has 1 aromatic rings. The van der Waals surface area contributed by atoms with Gasteiger partial charge in [0.2, 0.25) is 5.91 Å². The number of rotatable bonds is 2. The molecule has 1 unspecified atom stereocenters. The molecule has 0 heterocycles. The summed E-state index contributed by atoms with van der Waals surface area (Å²) < 4.78 is 2.72. The second-order valence-electron chi connectivity index (χ2n) is 2.62. The second kappa shape index (κ2) is 7.06. The fourth-order valence-corrected chi connectivity index (χ4v) is 1.79. The number of nitrogens with two attached hydrogens (primary N) is 1. The summed E-state index contributed by atoms with van der Waals surface area (Å²) in [5, 5.41) is 0. The monoisotopic (exact) mass is 226 g/mol. The summed E-state index contributed by atoms with van der Waals surface area (Å²) in [7, 11) is -0.477. The lowest BCUT2D eigenvalue weighted by Crippen LogP contribution is -2.12. The van der Waals surface area contributed by atoms with E-state index in [1.807, 2.05) is 26.0 Å².